The van der Waals surface area contributed by atoms with Crippen molar-refractivity contribution in [2.75, 3.05) is 5.32 Å². The maximum absolute atomic E-state index is 14.0. The first kappa shape index (κ1) is 24.1. The molecule has 0 saturated carbocycles. The second kappa shape index (κ2) is 8.43. The van der Waals surface area contributed by atoms with Gasteiger partial charge in [-0.2, -0.15) is 13.2 Å². The van der Waals surface area contributed by atoms with Crippen molar-refractivity contribution in [3.63, 3.8) is 0 Å². The van der Waals surface area contributed by atoms with Crippen molar-refractivity contribution >= 4 is 28.4 Å². The number of hydrogen-bond acceptors (Lipinski definition) is 5. The molecule has 0 bridgehead atoms. The van der Waals surface area contributed by atoms with Crippen LogP contribution in [-0.2, 0) is 10.2 Å². The third kappa shape index (κ3) is 4.65. The Morgan fingerprint density at radius 1 is 1.21 bits per heavy atom. The molecular formula is C23H20F4N2O4. The Morgan fingerprint density at radius 2 is 1.91 bits per heavy atom. The zero-order chi connectivity index (χ0) is 24.6. The minimum atomic E-state index is -5.35. The van der Waals surface area contributed by atoms with Crippen LogP contribution in [0.3, 0.4) is 0 Å². The molecule has 3 rings (SSSR count). The van der Waals surface area contributed by atoms with Crippen LogP contribution < -0.4 is 10.9 Å². The van der Waals surface area contributed by atoms with Gasteiger partial charge in [0, 0.05) is 17.5 Å². The van der Waals surface area contributed by atoms with Crippen LogP contribution in [0.1, 0.15) is 31.4 Å². The zero-order valence-corrected chi connectivity index (χ0v) is 17.7. The highest BCUT2D eigenvalue weighted by atomic mass is 19.4. The number of amides is 1. The Morgan fingerprint density at radius 3 is 2.55 bits per heavy atom. The molecule has 3 aromatic rings. The number of benzene rings is 2. The van der Waals surface area contributed by atoms with Gasteiger partial charge < -0.3 is 14.9 Å². The Bertz CT molecular complexity index is 1280. The fraction of sp³-hybridized carbons (Fsp3) is 0.261. The van der Waals surface area contributed by atoms with Gasteiger partial charge in [0.25, 0.3) is 5.91 Å². The topological polar surface area (TPSA) is 92.4 Å². The fourth-order valence-corrected chi connectivity index (χ4v) is 3.68. The maximum atomic E-state index is 14.0. The molecule has 1 amide bonds. The van der Waals surface area contributed by atoms with Gasteiger partial charge in [-0.3, -0.25) is 4.79 Å². The molecule has 1 heterocycles. The van der Waals surface area contributed by atoms with E-state index in [1.807, 2.05) is 0 Å². The van der Waals surface area contributed by atoms with Crippen molar-refractivity contribution < 1.29 is 32.0 Å². The molecule has 0 radical (unpaired) electrons. The lowest BCUT2D eigenvalue weighted by atomic mass is 9.73. The van der Waals surface area contributed by atoms with Crippen LogP contribution in [0, 0.1) is 5.82 Å². The molecule has 1 unspecified atom stereocenters. The van der Waals surface area contributed by atoms with Crippen LogP contribution in [0.4, 0.5) is 23.2 Å². The lowest BCUT2D eigenvalue weighted by Gasteiger charge is -2.37. The van der Waals surface area contributed by atoms with Crippen LogP contribution in [0.2, 0.25) is 0 Å². The van der Waals surface area contributed by atoms with Gasteiger partial charge >= 0.3 is 11.8 Å². The standard InChI is InChI=1S/C23H20F4N2O4/c1-4-13-5-6-15(24)10-18(13)21(2,3)12-22(32,23(25,26)27)20(31)29-16-7-8-17-14(9-16)11-28-33-19(17)30/h4-11,32H,1,12H2,2-3H3,(H,29,31). The normalized spacial score (nSPS) is 14.0. The number of fused-ring (bicyclic) bond motifs is 1. The molecule has 0 aliphatic carbocycles. The minimum Gasteiger partial charge on any atom is -0.373 e. The highest BCUT2D eigenvalue weighted by Crippen LogP contribution is 2.43. The fourth-order valence-electron chi connectivity index (χ4n) is 3.68. The van der Waals surface area contributed by atoms with Gasteiger partial charge in [-0.15, -0.1) is 0 Å². The molecule has 0 aliphatic rings. The van der Waals surface area contributed by atoms with E-state index in [4.69, 9.17) is 0 Å². The van der Waals surface area contributed by atoms with Crippen LogP contribution >= 0.6 is 0 Å². The van der Waals surface area contributed by atoms with Gasteiger partial charge in [-0.25, -0.2) is 9.18 Å². The average Bonchev–Trinajstić information content (AvgIpc) is 2.72. The predicted octanol–water partition coefficient (Wildman–Crippen LogP) is 4.57. The lowest BCUT2D eigenvalue weighted by Crippen LogP contribution is -2.57. The molecular weight excluding hydrogens is 444 g/mol. The van der Waals surface area contributed by atoms with Crippen molar-refractivity contribution in [1.29, 1.82) is 0 Å². The van der Waals surface area contributed by atoms with E-state index in [1.165, 1.54) is 44.2 Å². The Hall–Kier alpha value is -3.53. The van der Waals surface area contributed by atoms with Gasteiger partial charge in [0.2, 0.25) is 5.60 Å². The summed E-state index contributed by atoms with van der Waals surface area (Å²) in [7, 11) is 0. The molecule has 0 aliphatic heterocycles. The van der Waals surface area contributed by atoms with Gasteiger partial charge in [0.1, 0.15) is 5.82 Å². The summed E-state index contributed by atoms with van der Waals surface area (Å²) in [4.78, 5) is 24.4. The van der Waals surface area contributed by atoms with E-state index < -0.39 is 41.0 Å². The number of halogens is 4. The SMILES string of the molecule is C=Cc1ccc(F)cc1C(C)(C)CC(O)(C(=O)Nc1ccc2c(=O)oncc2c1)C(F)(F)F. The molecule has 6 nitrogen and oxygen atoms in total. The van der Waals surface area contributed by atoms with Gasteiger partial charge in [-0.1, -0.05) is 37.7 Å². The quantitative estimate of drug-likeness (QED) is 0.522. The van der Waals surface area contributed by atoms with Crippen LogP contribution in [0.5, 0.6) is 0 Å². The van der Waals surface area contributed by atoms with Gasteiger partial charge in [0.15, 0.2) is 0 Å². The van der Waals surface area contributed by atoms with Crippen molar-refractivity contribution in [3.05, 3.63) is 76.5 Å². The van der Waals surface area contributed by atoms with Crippen LogP contribution in [0.25, 0.3) is 16.8 Å². The van der Waals surface area contributed by atoms with Crippen molar-refractivity contribution in [2.24, 2.45) is 0 Å². The van der Waals surface area contributed by atoms with Crippen molar-refractivity contribution in [1.82, 2.24) is 5.16 Å². The first-order valence-electron chi connectivity index (χ1n) is 9.70. The monoisotopic (exact) mass is 464 g/mol. The number of rotatable bonds is 6. The van der Waals surface area contributed by atoms with Gasteiger partial charge in [0.05, 0.1) is 11.6 Å². The zero-order valence-electron chi connectivity index (χ0n) is 17.7. The van der Waals surface area contributed by atoms with E-state index in [0.29, 0.717) is 5.56 Å². The molecule has 0 saturated heterocycles. The molecule has 2 N–H and O–H groups in total. The summed E-state index contributed by atoms with van der Waals surface area (Å²) in [6.45, 7) is 6.30. The average molecular weight is 464 g/mol. The van der Waals surface area contributed by atoms with E-state index in [2.05, 4.69) is 21.6 Å². The first-order valence-corrected chi connectivity index (χ1v) is 9.70. The molecule has 10 heteroatoms. The number of anilines is 1. The Labute approximate surface area is 185 Å². The van der Waals surface area contributed by atoms with Crippen molar-refractivity contribution in [3.8, 4) is 0 Å². The maximum Gasteiger partial charge on any atom is 0.426 e. The smallest absolute Gasteiger partial charge is 0.373 e. The molecule has 2 aromatic carbocycles. The van der Waals surface area contributed by atoms with E-state index >= 15 is 0 Å². The third-order valence-electron chi connectivity index (χ3n) is 5.36. The second-order valence-corrected chi connectivity index (χ2v) is 8.22. The Kier molecular flexibility index (Phi) is 6.16. The van der Waals surface area contributed by atoms with E-state index in [9.17, 15) is 32.3 Å². The van der Waals surface area contributed by atoms with Gasteiger partial charge in [-0.05, 0) is 46.9 Å². The number of nitrogens with zero attached hydrogens (tertiary/aromatic N) is 1. The largest absolute Gasteiger partial charge is 0.426 e. The molecule has 0 spiro atoms. The van der Waals surface area contributed by atoms with Crippen LogP contribution in [0.15, 0.2) is 58.5 Å². The number of aromatic nitrogens is 1. The van der Waals surface area contributed by atoms with Crippen LogP contribution in [-0.4, -0.2) is 27.9 Å². The molecule has 0 fully saturated rings. The summed E-state index contributed by atoms with van der Waals surface area (Å²) in [5.74, 6) is -2.41. The predicted molar refractivity (Wildman–Crippen MR) is 114 cm³/mol. The van der Waals surface area contributed by atoms with E-state index in [0.717, 1.165) is 18.3 Å². The molecule has 1 aromatic heterocycles. The lowest BCUT2D eigenvalue weighted by molar-refractivity contribution is -0.254. The van der Waals surface area contributed by atoms with Crippen molar-refractivity contribution in [2.45, 2.75) is 37.5 Å². The molecule has 174 valence electrons. The van der Waals surface area contributed by atoms with E-state index in [-0.39, 0.29) is 22.0 Å². The highest BCUT2D eigenvalue weighted by molar-refractivity contribution is 5.99. The number of alkyl halides is 3. The summed E-state index contributed by atoms with van der Waals surface area (Å²) >= 11 is 0. The second-order valence-electron chi connectivity index (χ2n) is 8.22. The summed E-state index contributed by atoms with van der Waals surface area (Å²) in [5, 5.41) is 16.4. The number of hydrogen-bond donors (Lipinski definition) is 2. The highest BCUT2D eigenvalue weighted by Gasteiger charge is 2.61. The number of nitrogens with one attached hydrogen (secondary N) is 1. The summed E-state index contributed by atoms with van der Waals surface area (Å²) in [5.41, 5.74) is -5.64. The summed E-state index contributed by atoms with van der Waals surface area (Å²) < 4.78 is 60.3. The minimum absolute atomic E-state index is 0.0992. The first-order chi connectivity index (χ1) is 15.3. The number of carbonyl (C=O) groups excluding carboxylic acids is 1. The Balaban J connectivity index is 1.99. The summed E-state index contributed by atoms with van der Waals surface area (Å²) in [6, 6.07) is 7.20. The third-order valence-corrected chi connectivity index (χ3v) is 5.36. The number of carbonyl (C=O) groups is 1. The summed E-state index contributed by atoms with van der Waals surface area (Å²) in [6.07, 6.45) is -3.94. The molecule has 1 atom stereocenters. The molecule has 33 heavy (non-hydrogen) atoms. The van der Waals surface area contributed by atoms with E-state index in [1.54, 1.807) is 0 Å². The number of aliphatic hydroxyl groups is 1.